The summed E-state index contributed by atoms with van der Waals surface area (Å²) in [5.74, 6) is 2.83. The Labute approximate surface area is 172 Å². The third-order valence-electron chi connectivity index (χ3n) is 5.76. The van der Waals surface area contributed by atoms with Crippen LogP contribution in [-0.2, 0) is 4.79 Å². The van der Waals surface area contributed by atoms with Crippen LogP contribution >= 0.6 is 0 Å². The van der Waals surface area contributed by atoms with Crippen molar-refractivity contribution in [2.45, 2.75) is 32.7 Å². The third kappa shape index (κ3) is 4.37. The molecule has 2 aromatic rings. The van der Waals surface area contributed by atoms with Crippen LogP contribution in [0.3, 0.4) is 0 Å². The van der Waals surface area contributed by atoms with Crippen LogP contribution in [0.2, 0.25) is 0 Å². The van der Waals surface area contributed by atoms with Gasteiger partial charge < -0.3 is 9.15 Å². The summed E-state index contributed by atoms with van der Waals surface area (Å²) in [6.07, 6.45) is 3.51. The molecule has 6 nitrogen and oxygen atoms in total. The smallest absolute Gasteiger partial charge is 0.257 e. The topological polar surface area (TPSA) is 58.3 Å². The monoisotopic (exact) mass is 395 g/mol. The predicted molar refractivity (Wildman–Crippen MR) is 112 cm³/mol. The fraction of sp³-hybridized carbons (Fsp3) is 0.478. The van der Waals surface area contributed by atoms with Crippen LogP contribution in [0.4, 0.5) is 0 Å². The Morgan fingerprint density at radius 2 is 1.90 bits per heavy atom. The quantitative estimate of drug-likeness (QED) is 0.769. The Balaban J connectivity index is 1.55. The number of hydrogen-bond donors (Lipinski definition) is 0. The lowest BCUT2D eigenvalue weighted by molar-refractivity contribution is -0.135. The van der Waals surface area contributed by atoms with Crippen molar-refractivity contribution in [1.82, 2.24) is 9.91 Å². The molecule has 2 aliphatic rings. The highest BCUT2D eigenvalue weighted by Gasteiger charge is 2.36. The first-order valence-electron chi connectivity index (χ1n) is 10.3. The fourth-order valence-corrected chi connectivity index (χ4v) is 4.59. The second kappa shape index (κ2) is 8.41. The molecule has 0 bridgehead atoms. The number of amides is 1. The van der Waals surface area contributed by atoms with Gasteiger partial charge in [0.1, 0.15) is 17.6 Å². The summed E-state index contributed by atoms with van der Waals surface area (Å²) in [4.78, 5) is 15.5. The minimum absolute atomic E-state index is 0.0243. The zero-order valence-corrected chi connectivity index (χ0v) is 17.4. The molecule has 0 spiro atoms. The molecule has 0 N–H and O–H groups in total. The molecule has 3 heterocycles. The van der Waals surface area contributed by atoms with Gasteiger partial charge in [-0.15, -0.1) is 0 Å². The van der Waals surface area contributed by atoms with Gasteiger partial charge in [-0.3, -0.25) is 9.69 Å². The van der Waals surface area contributed by atoms with Crippen LogP contribution in [0.5, 0.6) is 5.75 Å². The van der Waals surface area contributed by atoms with E-state index in [2.05, 4.69) is 18.7 Å². The van der Waals surface area contributed by atoms with E-state index in [0.29, 0.717) is 24.8 Å². The lowest BCUT2D eigenvalue weighted by Gasteiger charge is -2.35. The van der Waals surface area contributed by atoms with Crippen molar-refractivity contribution in [3.05, 3.63) is 54.0 Å². The molecule has 1 aromatic carbocycles. The van der Waals surface area contributed by atoms with Crippen LogP contribution in [-0.4, -0.2) is 48.3 Å². The number of ether oxygens (including phenoxy) is 1. The molecule has 0 saturated carbocycles. The minimum atomic E-state index is -0.200. The zero-order chi connectivity index (χ0) is 20.4. The van der Waals surface area contributed by atoms with Gasteiger partial charge in [0, 0.05) is 19.5 Å². The van der Waals surface area contributed by atoms with Gasteiger partial charge in [-0.1, -0.05) is 13.8 Å². The van der Waals surface area contributed by atoms with E-state index in [9.17, 15) is 4.79 Å². The molecule has 1 saturated heterocycles. The number of furan rings is 1. The molecule has 0 aliphatic carbocycles. The number of hydrogen-bond acceptors (Lipinski definition) is 5. The molecule has 154 valence electrons. The van der Waals surface area contributed by atoms with Crippen LogP contribution in [0.25, 0.3) is 0 Å². The van der Waals surface area contributed by atoms with Gasteiger partial charge in [-0.25, -0.2) is 5.01 Å². The molecular weight excluding hydrogens is 366 g/mol. The van der Waals surface area contributed by atoms with Gasteiger partial charge >= 0.3 is 0 Å². The normalized spacial score (nSPS) is 25.1. The molecule has 1 amide bonds. The van der Waals surface area contributed by atoms with Crippen molar-refractivity contribution in [1.29, 1.82) is 0 Å². The number of carbonyl (C=O) groups is 1. The van der Waals surface area contributed by atoms with Crippen molar-refractivity contribution in [3.8, 4) is 5.75 Å². The molecule has 4 rings (SSSR count). The molecule has 0 radical (unpaired) electrons. The highest BCUT2D eigenvalue weighted by atomic mass is 16.5. The van der Waals surface area contributed by atoms with E-state index in [1.54, 1.807) is 18.4 Å². The van der Waals surface area contributed by atoms with E-state index in [0.717, 1.165) is 35.9 Å². The van der Waals surface area contributed by atoms with Gasteiger partial charge in [-0.05, 0) is 60.2 Å². The van der Waals surface area contributed by atoms with Crippen LogP contribution in [0.15, 0.2) is 52.2 Å². The maximum atomic E-state index is 13.2. The van der Waals surface area contributed by atoms with E-state index in [4.69, 9.17) is 14.3 Å². The number of hydrazone groups is 1. The van der Waals surface area contributed by atoms with Crippen molar-refractivity contribution in [2.75, 3.05) is 26.7 Å². The third-order valence-corrected chi connectivity index (χ3v) is 5.76. The standard InChI is InChI=1S/C23H29N3O3/c1-16-11-17(2)14-25(13-16)15-23(27)26-21(22-5-4-10-29-22)12-20(24-26)18-6-8-19(28-3)9-7-18/h4-10,16-17,21H,11-15H2,1-3H3. The van der Waals surface area contributed by atoms with Gasteiger partial charge in [0.2, 0.25) is 0 Å². The second-order valence-corrected chi connectivity index (χ2v) is 8.39. The van der Waals surface area contributed by atoms with E-state index in [1.165, 1.54) is 6.42 Å². The van der Waals surface area contributed by atoms with Crippen LogP contribution < -0.4 is 4.74 Å². The first-order chi connectivity index (χ1) is 14.0. The number of likely N-dealkylation sites (tertiary alicyclic amines) is 1. The number of benzene rings is 1. The van der Waals surface area contributed by atoms with E-state index in [1.807, 2.05) is 36.4 Å². The minimum Gasteiger partial charge on any atom is -0.497 e. The zero-order valence-electron chi connectivity index (χ0n) is 17.4. The summed E-state index contributed by atoms with van der Waals surface area (Å²) >= 11 is 0. The molecule has 3 unspecified atom stereocenters. The summed E-state index contributed by atoms with van der Waals surface area (Å²) in [7, 11) is 1.65. The molecule has 6 heteroatoms. The molecule has 1 fully saturated rings. The Morgan fingerprint density at radius 3 is 2.52 bits per heavy atom. The van der Waals surface area contributed by atoms with Crippen molar-refractivity contribution in [3.63, 3.8) is 0 Å². The molecule has 29 heavy (non-hydrogen) atoms. The largest absolute Gasteiger partial charge is 0.497 e. The summed E-state index contributed by atoms with van der Waals surface area (Å²) < 4.78 is 10.9. The Hall–Kier alpha value is -2.60. The lowest BCUT2D eigenvalue weighted by Crippen LogP contribution is -2.44. The van der Waals surface area contributed by atoms with Gasteiger partial charge in [0.05, 0.1) is 25.6 Å². The number of nitrogens with zero attached hydrogens (tertiary/aromatic N) is 3. The number of methoxy groups -OCH3 is 1. The van der Waals surface area contributed by atoms with Crippen LogP contribution in [0.1, 0.15) is 44.1 Å². The summed E-state index contributed by atoms with van der Waals surface area (Å²) in [6.45, 7) is 6.84. The predicted octanol–water partition coefficient (Wildman–Crippen LogP) is 3.94. The molecular formula is C23H29N3O3. The van der Waals surface area contributed by atoms with Crippen molar-refractivity contribution >= 4 is 11.6 Å². The average Bonchev–Trinajstić information content (AvgIpc) is 3.37. The Kier molecular flexibility index (Phi) is 5.72. The number of carbonyl (C=O) groups excluding carboxylic acids is 1. The maximum absolute atomic E-state index is 13.2. The van der Waals surface area contributed by atoms with E-state index >= 15 is 0 Å². The maximum Gasteiger partial charge on any atom is 0.257 e. The van der Waals surface area contributed by atoms with Gasteiger partial charge in [0.25, 0.3) is 5.91 Å². The van der Waals surface area contributed by atoms with E-state index < -0.39 is 0 Å². The van der Waals surface area contributed by atoms with E-state index in [-0.39, 0.29) is 11.9 Å². The van der Waals surface area contributed by atoms with Crippen molar-refractivity contribution in [2.24, 2.45) is 16.9 Å². The summed E-state index contributed by atoms with van der Waals surface area (Å²) in [5, 5.41) is 6.35. The second-order valence-electron chi connectivity index (χ2n) is 8.39. The molecule has 2 aliphatic heterocycles. The summed E-state index contributed by atoms with van der Waals surface area (Å²) in [5.41, 5.74) is 1.89. The number of rotatable bonds is 5. The van der Waals surface area contributed by atoms with Gasteiger partial charge in [0.15, 0.2) is 0 Å². The SMILES string of the molecule is COc1ccc(C2=NN(C(=O)CN3CC(C)CC(C)C3)C(c3ccco3)C2)cc1. The Bertz CT molecular complexity index is 850. The molecule has 3 atom stereocenters. The first-order valence-corrected chi connectivity index (χ1v) is 10.3. The molecule has 1 aromatic heterocycles. The average molecular weight is 396 g/mol. The lowest BCUT2D eigenvalue weighted by atomic mass is 9.92. The highest BCUT2D eigenvalue weighted by Crippen LogP contribution is 2.33. The highest BCUT2D eigenvalue weighted by molar-refractivity contribution is 6.03. The summed E-state index contributed by atoms with van der Waals surface area (Å²) in [6, 6.07) is 11.4. The van der Waals surface area contributed by atoms with Gasteiger partial charge in [-0.2, -0.15) is 5.10 Å². The van der Waals surface area contributed by atoms with Crippen molar-refractivity contribution < 1.29 is 13.9 Å². The number of piperidine rings is 1. The Morgan fingerprint density at radius 1 is 1.17 bits per heavy atom. The van der Waals surface area contributed by atoms with Crippen LogP contribution in [0, 0.1) is 11.8 Å². The fourth-order valence-electron chi connectivity index (χ4n) is 4.59. The first kappa shape index (κ1) is 19.7.